The van der Waals surface area contributed by atoms with Crippen LogP contribution in [0.4, 0.5) is 0 Å². The maximum atomic E-state index is 11.4. The van der Waals surface area contributed by atoms with Crippen molar-refractivity contribution in [1.82, 2.24) is 0 Å². The molecule has 2 heteroatoms. The van der Waals surface area contributed by atoms with Gasteiger partial charge in [0, 0.05) is 13.5 Å². The Kier molecular flexibility index (Phi) is 7.06. The summed E-state index contributed by atoms with van der Waals surface area (Å²) >= 11 is 0. The summed E-state index contributed by atoms with van der Waals surface area (Å²) in [5.41, 5.74) is 0. The minimum absolute atomic E-state index is 0.151. The Morgan fingerprint density at radius 1 is 1.33 bits per heavy atom. The summed E-state index contributed by atoms with van der Waals surface area (Å²) < 4.78 is 5.10. The molecule has 72 valence electrons. The summed E-state index contributed by atoms with van der Waals surface area (Å²) in [6.07, 6.45) is 4.46. The van der Waals surface area contributed by atoms with Gasteiger partial charge in [-0.1, -0.05) is 26.7 Å². The van der Waals surface area contributed by atoms with Crippen LogP contribution in [0.25, 0.3) is 0 Å². The molecule has 12 heavy (non-hydrogen) atoms. The van der Waals surface area contributed by atoms with Crippen LogP contribution < -0.4 is 0 Å². The zero-order valence-corrected chi connectivity index (χ0v) is 8.43. The number of ether oxygens (including phenoxy) is 1. The molecule has 0 amide bonds. The highest BCUT2D eigenvalue weighted by Gasteiger charge is 2.14. The van der Waals surface area contributed by atoms with Crippen LogP contribution in [0.15, 0.2) is 0 Å². The van der Waals surface area contributed by atoms with Gasteiger partial charge in [0.1, 0.15) is 6.10 Å². The summed E-state index contributed by atoms with van der Waals surface area (Å²) in [4.78, 5) is 11.4. The largest absolute Gasteiger partial charge is 0.374 e. The van der Waals surface area contributed by atoms with E-state index in [-0.39, 0.29) is 11.9 Å². The third kappa shape index (κ3) is 4.50. The van der Waals surface area contributed by atoms with Gasteiger partial charge in [-0.15, -0.1) is 0 Å². The highest BCUT2D eigenvalue weighted by Crippen LogP contribution is 2.07. The van der Waals surface area contributed by atoms with Gasteiger partial charge in [0.15, 0.2) is 5.78 Å². The summed E-state index contributed by atoms with van der Waals surface area (Å²) in [6.45, 7) is 4.16. The molecule has 0 aromatic rings. The molecule has 1 unspecified atom stereocenters. The number of methoxy groups -OCH3 is 1. The molecule has 0 bridgehead atoms. The number of ketones is 1. The van der Waals surface area contributed by atoms with Crippen molar-refractivity contribution in [3.05, 3.63) is 0 Å². The standard InChI is InChI=1S/C10H20O2/c1-4-6-8-9(11)10(12-3)7-5-2/h10H,4-8H2,1-3H3. The second-order valence-electron chi connectivity index (χ2n) is 3.08. The Morgan fingerprint density at radius 2 is 2.00 bits per heavy atom. The molecule has 0 N–H and O–H groups in total. The molecular formula is C10H20O2. The molecule has 0 aliphatic heterocycles. The average Bonchev–Trinajstić information content (AvgIpc) is 2.10. The lowest BCUT2D eigenvalue weighted by molar-refractivity contribution is -0.129. The molecule has 0 aromatic heterocycles. The van der Waals surface area contributed by atoms with Gasteiger partial charge in [-0.2, -0.15) is 0 Å². The molecule has 0 radical (unpaired) electrons. The number of Topliss-reactive ketones (excluding diaryl/α,β-unsaturated/α-hetero) is 1. The lowest BCUT2D eigenvalue weighted by Gasteiger charge is -2.12. The Hall–Kier alpha value is -0.370. The summed E-state index contributed by atoms with van der Waals surface area (Å²) in [5, 5.41) is 0. The normalized spacial score (nSPS) is 12.9. The van der Waals surface area contributed by atoms with Gasteiger partial charge in [0.25, 0.3) is 0 Å². The molecule has 1 atom stereocenters. The topological polar surface area (TPSA) is 26.3 Å². The Balaban J connectivity index is 3.69. The Bertz CT molecular complexity index is 121. The number of rotatable bonds is 7. The number of hydrogen-bond acceptors (Lipinski definition) is 2. The monoisotopic (exact) mass is 172 g/mol. The Labute approximate surface area is 75.3 Å². The van der Waals surface area contributed by atoms with Gasteiger partial charge in [-0.05, 0) is 12.8 Å². The summed E-state index contributed by atoms with van der Waals surface area (Å²) in [7, 11) is 1.62. The second kappa shape index (κ2) is 7.29. The van der Waals surface area contributed by atoms with E-state index in [1.165, 1.54) is 0 Å². The van der Waals surface area contributed by atoms with E-state index in [0.29, 0.717) is 6.42 Å². The molecule has 0 aromatic carbocycles. The average molecular weight is 172 g/mol. The minimum atomic E-state index is -0.151. The Morgan fingerprint density at radius 3 is 2.42 bits per heavy atom. The van der Waals surface area contributed by atoms with Gasteiger partial charge in [0.05, 0.1) is 0 Å². The maximum absolute atomic E-state index is 11.4. The number of unbranched alkanes of at least 4 members (excludes halogenated alkanes) is 1. The first kappa shape index (κ1) is 11.6. The highest BCUT2D eigenvalue weighted by atomic mass is 16.5. The van der Waals surface area contributed by atoms with E-state index in [2.05, 4.69) is 13.8 Å². The van der Waals surface area contributed by atoms with Crippen LogP contribution in [0.3, 0.4) is 0 Å². The van der Waals surface area contributed by atoms with E-state index in [1.807, 2.05) is 0 Å². The lowest BCUT2D eigenvalue weighted by atomic mass is 10.1. The predicted molar refractivity (Wildman–Crippen MR) is 50.2 cm³/mol. The number of hydrogen-bond donors (Lipinski definition) is 0. The molecular weight excluding hydrogens is 152 g/mol. The molecule has 2 nitrogen and oxygen atoms in total. The van der Waals surface area contributed by atoms with E-state index in [9.17, 15) is 4.79 Å². The molecule has 0 heterocycles. The maximum Gasteiger partial charge on any atom is 0.161 e. The fraction of sp³-hybridized carbons (Fsp3) is 0.900. The van der Waals surface area contributed by atoms with Crippen LogP contribution in [-0.2, 0) is 9.53 Å². The smallest absolute Gasteiger partial charge is 0.161 e. The van der Waals surface area contributed by atoms with E-state index in [0.717, 1.165) is 25.7 Å². The molecule has 0 spiro atoms. The van der Waals surface area contributed by atoms with Gasteiger partial charge < -0.3 is 4.74 Å². The quantitative estimate of drug-likeness (QED) is 0.590. The van der Waals surface area contributed by atoms with Crippen molar-refractivity contribution in [2.45, 2.75) is 52.1 Å². The minimum Gasteiger partial charge on any atom is -0.374 e. The van der Waals surface area contributed by atoms with E-state index < -0.39 is 0 Å². The fourth-order valence-corrected chi connectivity index (χ4v) is 1.18. The highest BCUT2D eigenvalue weighted by molar-refractivity contribution is 5.82. The number of carbonyl (C=O) groups excluding carboxylic acids is 1. The van der Waals surface area contributed by atoms with Gasteiger partial charge >= 0.3 is 0 Å². The second-order valence-corrected chi connectivity index (χ2v) is 3.08. The van der Waals surface area contributed by atoms with Crippen molar-refractivity contribution >= 4 is 5.78 Å². The van der Waals surface area contributed by atoms with E-state index in [1.54, 1.807) is 7.11 Å². The summed E-state index contributed by atoms with van der Waals surface area (Å²) in [5.74, 6) is 0.265. The SMILES string of the molecule is CCCCC(=O)C(CCC)OC. The fourth-order valence-electron chi connectivity index (χ4n) is 1.18. The first-order valence-corrected chi connectivity index (χ1v) is 4.81. The van der Waals surface area contributed by atoms with Gasteiger partial charge in [-0.3, -0.25) is 4.79 Å². The van der Waals surface area contributed by atoms with Crippen LogP contribution in [0.1, 0.15) is 46.0 Å². The van der Waals surface area contributed by atoms with E-state index >= 15 is 0 Å². The number of carbonyl (C=O) groups is 1. The van der Waals surface area contributed by atoms with Gasteiger partial charge in [0.2, 0.25) is 0 Å². The first-order valence-electron chi connectivity index (χ1n) is 4.81. The van der Waals surface area contributed by atoms with Crippen molar-refractivity contribution in [2.75, 3.05) is 7.11 Å². The molecule has 0 aliphatic carbocycles. The van der Waals surface area contributed by atoms with Crippen molar-refractivity contribution in [3.63, 3.8) is 0 Å². The van der Waals surface area contributed by atoms with Crippen LogP contribution in [0.5, 0.6) is 0 Å². The van der Waals surface area contributed by atoms with Crippen molar-refractivity contribution in [2.24, 2.45) is 0 Å². The van der Waals surface area contributed by atoms with Crippen LogP contribution >= 0.6 is 0 Å². The molecule has 0 fully saturated rings. The lowest BCUT2D eigenvalue weighted by Crippen LogP contribution is -2.22. The van der Waals surface area contributed by atoms with Crippen molar-refractivity contribution in [1.29, 1.82) is 0 Å². The van der Waals surface area contributed by atoms with E-state index in [4.69, 9.17) is 4.74 Å². The predicted octanol–water partition coefficient (Wildman–Crippen LogP) is 2.56. The van der Waals surface area contributed by atoms with Crippen LogP contribution in [0.2, 0.25) is 0 Å². The molecule has 0 saturated heterocycles. The van der Waals surface area contributed by atoms with Crippen LogP contribution in [-0.4, -0.2) is 19.0 Å². The van der Waals surface area contributed by atoms with Crippen LogP contribution in [0, 0.1) is 0 Å². The van der Waals surface area contributed by atoms with Gasteiger partial charge in [-0.25, -0.2) is 0 Å². The zero-order chi connectivity index (χ0) is 9.40. The van der Waals surface area contributed by atoms with Crippen molar-refractivity contribution in [3.8, 4) is 0 Å². The zero-order valence-electron chi connectivity index (χ0n) is 8.43. The first-order chi connectivity index (χ1) is 5.76. The third-order valence-electron chi connectivity index (χ3n) is 1.97. The molecule has 0 rings (SSSR count). The molecule has 0 aliphatic rings. The summed E-state index contributed by atoms with van der Waals surface area (Å²) in [6, 6.07) is 0. The molecule has 0 saturated carbocycles. The third-order valence-corrected chi connectivity index (χ3v) is 1.97. The van der Waals surface area contributed by atoms with Crippen molar-refractivity contribution < 1.29 is 9.53 Å².